The van der Waals surface area contributed by atoms with E-state index in [1.54, 1.807) is 13.8 Å². The molecule has 0 aromatic heterocycles. The van der Waals surface area contributed by atoms with E-state index in [1.165, 1.54) is 0 Å². The van der Waals surface area contributed by atoms with Crippen LogP contribution in [0.25, 0.3) is 0 Å². The minimum atomic E-state index is -1.18. The summed E-state index contributed by atoms with van der Waals surface area (Å²) in [5, 5.41) is 0. The summed E-state index contributed by atoms with van der Waals surface area (Å²) >= 11 is 0. The van der Waals surface area contributed by atoms with E-state index in [0.717, 1.165) is 18.4 Å². The molecule has 0 aromatic carbocycles. The number of carbonyl (C=O) groups excluding carboxylic acids is 2. The summed E-state index contributed by atoms with van der Waals surface area (Å²) in [5.74, 6) is -0.956. The van der Waals surface area contributed by atoms with E-state index < -0.39 is 17.4 Å². The zero-order valence-electron chi connectivity index (χ0n) is 12.6. The third-order valence-corrected chi connectivity index (χ3v) is 3.34. The maximum Gasteiger partial charge on any atom is 0.324 e. The first-order valence-corrected chi connectivity index (χ1v) is 7.30. The summed E-state index contributed by atoms with van der Waals surface area (Å²) in [4.78, 5) is 24.4. The number of allylic oxidation sites excluding steroid dienone is 4. The number of hydrogen-bond acceptors (Lipinski definition) is 4. The lowest BCUT2D eigenvalue weighted by molar-refractivity contribution is -0.171. The summed E-state index contributed by atoms with van der Waals surface area (Å²) in [7, 11) is 0. The van der Waals surface area contributed by atoms with Crippen LogP contribution in [-0.2, 0) is 19.1 Å². The Morgan fingerprint density at radius 2 is 1.80 bits per heavy atom. The Labute approximate surface area is 120 Å². The maximum absolute atomic E-state index is 12.2. The molecule has 0 fully saturated rings. The second-order valence-electron chi connectivity index (χ2n) is 4.87. The van der Waals surface area contributed by atoms with Gasteiger partial charge in [0.15, 0.2) is 5.41 Å². The normalized spacial score (nSPS) is 17.1. The average Bonchev–Trinajstić information content (AvgIpc) is 2.85. The summed E-state index contributed by atoms with van der Waals surface area (Å²) < 4.78 is 10.1. The fourth-order valence-corrected chi connectivity index (χ4v) is 2.26. The van der Waals surface area contributed by atoms with E-state index in [9.17, 15) is 9.59 Å². The van der Waals surface area contributed by atoms with Crippen LogP contribution in [0.15, 0.2) is 23.8 Å². The lowest BCUT2D eigenvalue weighted by Gasteiger charge is -2.24. The molecule has 0 spiro atoms. The fourth-order valence-electron chi connectivity index (χ4n) is 2.26. The molecule has 0 bridgehead atoms. The van der Waals surface area contributed by atoms with Crippen LogP contribution in [0.5, 0.6) is 0 Å². The quantitative estimate of drug-likeness (QED) is 0.531. The van der Waals surface area contributed by atoms with Gasteiger partial charge in [0.1, 0.15) is 0 Å². The number of esters is 2. The summed E-state index contributed by atoms with van der Waals surface area (Å²) in [5.41, 5.74) is -0.183. The molecule has 1 aliphatic rings. The Balaban J connectivity index is 2.84. The van der Waals surface area contributed by atoms with Crippen molar-refractivity contribution in [2.24, 2.45) is 5.41 Å². The molecule has 0 heterocycles. The Hall–Kier alpha value is -1.58. The van der Waals surface area contributed by atoms with Gasteiger partial charge in [-0.3, -0.25) is 9.59 Å². The molecule has 4 nitrogen and oxygen atoms in total. The molecular formula is C16H24O4. The van der Waals surface area contributed by atoms with Crippen LogP contribution in [0.1, 0.15) is 46.5 Å². The monoisotopic (exact) mass is 280 g/mol. The van der Waals surface area contributed by atoms with Gasteiger partial charge in [-0.1, -0.05) is 37.1 Å². The van der Waals surface area contributed by atoms with Crippen molar-refractivity contribution in [3.63, 3.8) is 0 Å². The fraction of sp³-hybridized carbons (Fsp3) is 0.625. The lowest BCUT2D eigenvalue weighted by Crippen LogP contribution is -2.40. The molecular weight excluding hydrogens is 256 g/mol. The van der Waals surface area contributed by atoms with Gasteiger partial charge in [0, 0.05) is 0 Å². The first-order valence-electron chi connectivity index (χ1n) is 7.30. The van der Waals surface area contributed by atoms with Gasteiger partial charge in [-0.05, 0) is 33.1 Å². The summed E-state index contributed by atoms with van der Waals surface area (Å²) in [6.45, 7) is 6.11. The second kappa shape index (κ2) is 7.88. The molecule has 4 heteroatoms. The number of rotatable bonds is 7. The van der Waals surface area contributed by atoms with Crippen LogP contribution in [0.4, 0.5) is 0 Å². The molecule has 112 valence electrons. The van der Waals surface area contributed by atoms with Crippen LogP contribution in [0, 0.1) is 5.41 Å². The molecule has 0 saturated carbocycles. The van der Waals surface area contributed by atoms with Crippen molar-refractivity contribution in [1.29, 1.82) is 0 Å². The highest BCUT2D eigenvalue weighted by Gasteiger charge is 2.50. The second-order valence-corrected chi connectivity index (χ2v) is 4.87. The van der Waals surface area contributed by atoms with Crippen LogP contribution >= 0.6 is 0 Å². The van der Waals surface area contributed by atoms with Crippen LogP contribution in [-0.4, -0.2) is 25.2 Å². The smallest absolute Gasteiger partial charge is 0.324 e. The van der Waals surface area contributed by atoms with Crippen molar-refractivity contribution in [3.8, 4) is 0 Å². The summed E-state index contributed by atoms with van der Waals surface area (Å²) in [6.07, 6.45) is 8.77. The minimum Gasteiger partial charge on any atom is -0.465 e. The van der Waals surface area contributed by atoms with Crippen molar-refractivity contribution in [3.05, 3.63) is 23.8 Å². The zero-order valence-corrected chi connectivity index (χ0v) is 12.6. The van der Waals surface area contributed by atoms with E-state index in [-0.39, 0.29) is 13.2 Å². The molecule has 0 amide bonds. The highest BCUT2D eigenvalue weighted by atomic mass is 16.6. The molecule has 0 aromatic rings. The number of carbonyl (C=O) groups is 2. The standard InChI is InChI=1S/C16H24O4/c1-4-7-8-9-13-10-11-16(12-13,14(17)19-5-2)15(18)20-6-3/h8-10H,4-7,11-12H2,1-3H3/b9-8+. The Kier molecular flexibility index (Phi) is 6.49. The minimum absolute atomic E-state index is 0.265. The number of ether oxygens (including phenoxy) is 2. The van der Waals surface area contributed by atoms with E-state index in [4.69, 9.17) is 9.47 Å². The van der Waals surface area contributed by atoms with Crippen molar-refractivity contribution in [2.75, 3.05) is 13.2 Å². The van der Waals surface area contributed by atoms with E-state index in [1.807, 2.05) is 12.2 Å². The highest BCUT2D eigenvalue weighted by molar-refractivity contribution is 6.01. The third-order valence-electron chi connectivity index (χ3n) is 3.34. The van der Waals surface area contributed by atoms with Gasteiger partial charge < -0.3 is 9.47 Å². The van der Waals surface area contributed by atoms with Gasteiger partial charge >= 0.3 is 11.9 Å². The maximum atomic E-state index is 12.2. The summed E-state index contributed by atoms with van der Waals surface area (Å²) in [6, 6.07) is 0. The first kappa shape index (κ1) is 16.5. The van der Waals surface area contributed by atoms with Gasteiger partial charge in [-0.25, -0.2) is 0 Å². The van der Waals surface area contributed by atoms with Gasteiger partial charge in [0.05, 0.1) is 13.2 Å². The molecule has 0 N–H and O–H groups in total. The zero-order chi connectivity index (χ0) is 15.0. The van der Waals surface area contributed by atoms with E-state index >= 15 is 0 Å². The Bertz CT molecular complexity index is 389. The first-order chi connectivity index (χ1) is 9.60. The van der Waals surface area contributed by atoms with Crippen LogP contribution < -0.4 is 0 Å². The average molecular weight is 280 g/mol. The number of unbranched alkanes of at least 4 members (excludes halogenated alkanes) is 1. The molecule has 1 rings (SSSR count). The van der Waals surface area contributed by atoms with Crippen molar-refractivity contribution >= 4 is 11.9 Å². The topological polar surface area (TPSA) is 52.6 Å². The van der Waals surface area contributed by atoms with Gasteiger partial charge in [0.2, 0.25) is 0 Å². The molecule has 0 unspecified atom stereocenters. The van der Waals surface area contributed by atoms with E-state index in [0.29, 0.717) is 12.8 Å². The van der Waals surface area contributed by atoms with Gasteiger partial charge in [-0.15, -0.1) is 0 Å². The van der Waals surface area contributed by atoms with Gasteiger partial charge in [0.25, 0.3) is 0 Å². The largest absolute Gasteiger partial charge is 0.465 e. The third kappa shape index (κ3) is 3.71. The molecule has 0 saturated heterocycles. The predicted octanol–water partition coefficient (Wildman–Crippen LogP) is 3.18. The Morgan fingerprint density at radius 3 is 2.30 bits per heavy atom. The predicted molar refractivity (Wildman–Crippen MR) is 77.1 cm³/mol. The van der Waals surface area contributed by atoms with Crippen LogP contribution in [0.2, 0.25) is 0 Å². The Morgan fingerprint density at radius 1 is 1.20 bits per heavy atom. The van der Waals surface area contributed by atoms with E-state index in [2.05, 4.69) is 13.0 Å². The van der Waals surface area contributed by atoms with Gasteiger partial charge in [-0.2, -0.15) is 0 Å². The molecule has 20 heavy (non-hydrogen) atoms. The van der Waals surface area contributed by atoms with Crippen LogP contribution in [0.3, 0.4) is 0 Å². The molecule has 1 aliphatic carbocycles. The van der Waals surface area contributed by atoms with Crippen molar-refractivity contribution in [1.82, 2.24) is 0 Å². The molecule has 0 aliphatic heterocycles. The SMILES string of the molecule is CCC/C=C/C1=CCC(C(=O)OCC)(C(=O)OCC)C1. The molecule has 0 atom stereocenters. The van der Waals surface area contributed by atoms with Crippen molar-refractivity contribution < 1.29 is 19.1 Å². The molecule has 0 radical (unpaired) electrons. The highest BCUT2D eigenvalue weighted by Crippen LogP contribution is 2.40. The lowest BCUT2D eigenvalue weighted by atomic mass is 9.84. The number of hydrogen-bond donors (Lipinski definition) is 0. The van der Waals surface area contributed by atoms with Crippen molar-refractivity contribution in [2.45, 2.75) is 46.5 Å².